The van der Waals surface area contributed by atoms with Crippen LogP contribution >= 0.6 is 0 Å². The number of aromatic nitrogens is 2. The summed E-state index contributed by atoms with van der Waals surface area (Å²) in [5, 5.41) is 6.87. The third kappa shape index (κ3) is 5.51. The average molecular weight is 487 g/mol. The number of benzene rings is 2. The van der Waals surface area contributed by atoms with Crippen LogP contribution in [0.2, 0.25) is 0 Å². The number of hydrogen-bond acceptors (Lipinski definition) is 6. The van der Waals surface area contributed by atoms with Gasteiger partial charge in [0.2, 0.25) is 21.8 Å². The summed E-state index contributed by atoms with van der Waals surface area (Å²) in [6.45, 7) is 4.38. The number of hydrogen-bond donors (Lipinski definition) is 1. The van der Waals surface area contributed by atoms with E-state index < -0.39 is 21.8 Å². The van der Waals surface area contributed by atoms with E-state index in [0.29, 0.717) is 43.2 Å². The first-order valence-corrected chi connectivity index (χ1v) is 12.6. The predicted molar refractivity (Wildman–Crippen MR) is 124 cm³/mol. The van der Waals surface area contributed by atoms with Crippen LogP contribution < -0.4 is 5.32 Å². The molecular weight excluding hydrogens is 459 g/mol. The van der Waals surface area contributed by atoms with Crippen LogP contribution in [0.15, 0.2) is 57.9 Å². The molecule has 1 saturated heterocycles. The lowest BCUT2D eigenvalue weighted by Crippen LogP contribution is -2.43. The van der Waals surface area contributed by atoms with E-state index in [1.165, 1.54) is 16.4 Å². The number of piperidine rings is 1. The minimum atomic E-state index is -3.79. The van der Waals surface area contributed by atoms with Gasteiger partial charge in [-0.15, -0.1) is 0 Å². The fourth-order valence-corrected chi connectivity index (χ4v) is 5.36. The smallest absolute Gasteiger partial charge is 0.243 e. The zero-order valence-electron chi connectivity index (χ0n) is 19.1. The Kier molecular flexibility index (Phi) is 7.08. The molecular formula is C24H27FN4O4S. The van der Waals surface area contributed by atoms with Crippen molar-refractivity contribution in [3.8, 4) is 0 Å². The minimum Gasteiger partial charge on any atom is -0.339 e. The van der Waals surface area contributed by atoms with Gasteiger partial charge in [0.25, 0.3) is 0 Å². The van der Waals surface area contributed by atoms with Gasteiger partial charge < -0.3 is 9.84 Å². The number of nitrogens with zero attached hydrogens (tertiary/aromatic N) is 3. The molecule has 0 unspecified atom stereocenters. The van der Waals surface area contributed by atoms with Crippen LogP contribution in [0.4, 0.5) is 10.1 Å². The molecule has 2 heterocycles. The third-order valence-corrected chi connectivity index (χ3v) is 7.65. The molecule has 4 rings (SSSR count). The molecule has 8 nitrogen and oxygen atoms in total. The Hall–Kier alpha value is -3.11. The molecule has 1 aromatic heterocycles. The average Bonchev–Trinajstić information content (AvgIpc) is 3.30. The van der Waals surface area contributed by atoms with Crippen LogP contribution in [0.25, 0.3) is 0 Å². The van der Waals surface area contributed by atoms with Gasteiger partial charge in [-0.2, -0.15) is 9.29 Å². The monoisotopic (exact) mass is 486 g/mol. The summed E-state index contributed by atoms with van der Waals surface area (Å²) in [5.41, 5.74) is 1.60. The molecule has 2 aromatic carbocycles. The number of halogens is 1. The van der Waals surface area contributed by atoms with Crippen molar-refractivity contribution in [2.24, 2.45) is 5.92 Å². The van der Waals surface area contributed by atoms with E-state index in [1.807, 2.05) is 26.0 Å². The SMILES string of the molecule is CC(C)c1nc(Cc2ccc(NC(=O)[C@@H]3CCCN(S(=O)(=O)c4ccc(F)cc4)C3)cc2)no1. The lowest BCUT2D eigenvalue weighted by Gasteiger charge is -2.31. The summed E-state index contributed by atoms with van der Waals surface area (Å²) >= 11 is 0. The van der Waals surface area contributed by atoms with Gasteiger partial charge in [0.15, 0.2) is 5.82 Å². The summed E-state index contributed by atoms with van der Waals surface area (Å²) in [6, 6.07) is 12.1. The number of carbonyl (C=O) groups excluding carboxylic acids is 1. The number of nitrogens with one attached hydrogen (secondary N) is 1. The summed E-state index contributed by atoms with van der Waals surface area (Å²) in [4.78, 5) is 17.2. The summed E-state index contributed by atoms with van der Waals surface area (Å²) in [6.07, 6.45) is 1.68. The largest absolute Gasteiger partial charge is 0.339 e. The van der Waals surface area contributed by atoms with Gasteiger partial charge in [0.05, 0.1) is 10.8 Å². The van der Waals surface area contributed by atoms with E-state index in [-0.39, 0.29) is 23.3 Å². The Morgan fingerprint density at radius 1 is 1.18 bits per heavy atom. The first kappa shape index (κ1) is 24.0. The van der Waals surface area contributed by atoms with E-state index in [2.05, 4.69) is 15.5 Å². The van der Waals surface area contributed by atoms with Crippen molar-refractivity contribution >= 4 is 21.6 Å². The van der Waals surface area contributed by atoms with Crippen molar-refractivity contribution in [3.63, 3.8) is 0 Å². The van der Waals surface area contributed by atoms with Crippen molar-refractivity contribution in [3.05, 3.63) is 71.6 Å². The standard InChI is InChI=1S/C24H27FN4O4S/c1-16(2)24-27-22(28-33-24)14-17-5-9-20(10-6-17)26-23(30)18-4-3-13-29(15-18)34(31,32)21-11-7-19(25)8-12-21/h5-12,16,18H,3-4,13-15H2,1-2H3,(H,26,30)/t18-/m1/s1. The molecule has 3 aromatic rings. The van der Waals surface area contributed by atoms with E-state index in [0.717, 1.165) is 17.7 Å². The molecule has 0 radical (unpaired) electrons. The second-order valence-electron chi connectivity index (χ2n) is 8.72. The van der Waals surface area contributed by atoms with Crippen LogP contribution in [0.5, 0.6) is 0 Å². The molecule has 0 aliphatic carbocycles. The van der Waals surface area contributed by atoms with Crippen LogP contribution in [0.1, 0.15) is 49.9 Å². The highest BCUT2D eigenvalue weighted by Crippen LogP contribution is 2.25. The Balaban J connectivity index is 1.36. The zero-order valence-corrected chi connectivity index (χ0v) is 19.9. The fraction of sp³-hybridized carbons (Fsp3) is 0.375. The quantitative estimate of drug-likeness (QED) is 0.542. The van der Waals surface area contributed by atoms with E-state index in [4.69, 9.17) is 4.52 Å². The highest BCUT2D eigenvalue weighted by molar-refractivity contribution is 7.89. The lowest BCUT2D eigenvalue weighted by molar-refractivity contribution is -0.120. The van der Waals surface area contributed by atoms with Gasteiger partial charge >= 0.3 is 0 Å². The minimum absolute atomic E-state index is 0.0210. The summed E-state index contributed by atoms with van der Waals surface area (Å²) < 4.78 is 45.5. The predicted octanol–water partition coefficient (Wildman–Crippen LogP) is 3.96. The van der Waals surface area contributed by atoms with Gasteiger partial charge in [-0.1, -0.05) is 31.1 Å². The maximum absolute atomic E-state index is 13.2. The van der Waals surface area contributed by atoms with Gasteiger partial charge in [0, 0.05) is 31.1 Å². The number of sulfonamides is 1. The second kappa shape index (κ2) is 10.0. The Labute approximate surface area is 198 Å². The summed E-state index contributed by atoms with van der Waals surface area (Å²) in [7, 11) is -3.79. The molecule has 180 valence electrons. The molecule has 10 heteroatoms. The normalized spacial score (nSPS) is 17.1. The van der Waals surface area contributed by atoms with Crippen molar-refractivity contribution in [2.75, 3.05) is 18.4 Å². The summed E-state index contributed by atoms with van der Waals surface area (Å²) in [5.74, 6) is 0.162. The third-order valence-electron chi connectivity index (χ3n) is 5.77. The Morgan fingerprint density at radius 2 is 1.88 bits per heavy atom. The molecule has 1 fully saturated rings. The molecule has 1 amide bonds. The van der Waals surface area contributed by atoms with Crippen molar-refractivity contribution in [2.45, 2.75) is 43.9 Å². The van der Waals surface area contributed by atoms with E-state index in [1.54, 1.807) is 12.1 Å². The van der Waals surface area contributed by atoms with Crippen LogP contribution in [0.3, 0.4) is 0 Å². The van der Waals surface area contributed by atoms with Crippen molar-refractivity contribution in [1.82, 2.24) is 14.4 Å². The first-order valence-electron chi connectivity index (χ1n) is 11.2. The van der Waals surface area contributed by atoms with Gasteiger partial charge in [-0.25, -0.2) is 12.8 Å². The number of amides is 1. The van der Waals surface area contributed by atoms with Crippen LogP contribution in [0, 0.1) is 11.7 Å². The topological polar surface area (TPSA) is 105 Å². The molecule has 1 aliphatic rings. The van der Waals surface area contributed by atoms with Gasteiger partial charge in [-0.05, 0) is 54.8 Å². The number of rotatable bonds is 7. The Morgan fingerprint density at radius 3 is 2.53 bits per heavy atom. The van der Waals surface area contributed by atoms with E-state index >= 15 is 0 Å². The first-order chi connectivity index (χ1) is 16.2. The van der Waals surface area contributed by atoms with Crippen LogP contribution in [-0.2, 0) is 21.2 Å². The van der Waals surface area contributed by atoms with Crippen molar-refractivity contribution < 1.29 is 22.1 Å². The number of carbonyl (C=O) groups is 1. The molecule has 0 saturated carbocycles. The Bertz CT molecular complexity index is 1240. The molecule has 1 atom stereocenters. The van der Waals surface area contributed by atoms with E-state index in [9.17, 15) is 17.6 Å². The lowest BCUT2D eigenvalue weighted by atomic mass is 9.98. The molecule has 1 N–H and O–H groups in total. The molecule has 0 spiro atoms. The highest BCUT2D eigenvalue weighted by atomic mass is 32.2. The maximum atomic E-state index is 13.2. The molecule has 34 heavy (non-hydrogen) atoms. The molecule has 0 bridgehead atoms. The fourth-order valence-electron chi connectivity index (χ4n) is 3.84. The van der Waals surface area contributed by atoms with Crippen molar-refractivity contribution in [1.29, 1.82) is 0 Å². The van der Waals surface area contributed by atoms with Gasteiger partial charge in [0.1, 0.15) is 5.82 Å². The van der Waals surface area contributed by atoms with Crippen LogP contribution in [-0.4, -0.2) is 41.9 Å². The highest BCUT2D eigenvalue weighted by Gasteiger charge is 2.33. The second-order valence-corrected chi connectivity index (χ2v) is 10.7. The maximum Gasteiger partial charge on any atom is 0.243 e. The zero-order chi connectivity index (χ0) is 24.3. The molecule has 1 aliphatic heterocycles. The number of anilines is 1. The van der Waals surface area contributed by atoms with Gasteiger partial charge in [-0.3, -0.25) is 4.79 Å².